The minimum Gasteiger partial charge on any atom is -0.351 e. The van der Waals surface area contributed by atoms with Crippen LogP contribution in [0.4, 0.5) is 17.6 Å². The number of hydrogen-bond acceptors (Lipinski definition) is 3. The Morgan fingerprint density at radius 2 is 1.93 bits per heavy atom. The molecule has 154 valence electrons. The lowest BCUT2D eigenvalue weighted by molar-refractivity contribution is -0.143. The van der Waals surface area contributed by atoms with Crippen molar-refractivity contribution in [3.63, 3.8) is 0 Å². The Labute approximate surface area is 165 Å². The summed E-state index contributed by atoms with van der Waals surface area (Å²) < 4.78 is 55.2. The molecular weight excluding hydrogens is 400 g/mol. The molecule has 0 saturated carbocycles. The van der Waals surface area contributed by atoms with Crippen molar-refractivity contribution in [2.45, 2.75) is 25.9 Å². The van der Waals surface area contributed by atoms with Crippen molar-refractivity contribution in [1.82, 2.24) is 20.4 Å². The molecule has 0 spiro atoms. The summed E-state index contributed by atoms with van der Waals surface area (Å²) in [5.74, 6) is -1.73. The van der Waals surface area contributed by atoms with Gasteiger partial charge in [0.05, 0.1) is 11.8 Å². The minimum atomic E-state index is -4.87. The zero-order valence-corrected chi connectivity index (χ0v) is 16.0. The van der Waals surface area contributed by atoms with Gasteiger partial charge in [0.2, 0.25) is 0 Å². The van der Waals surface area contributed by atoms with E-state index in [4.69, 9.17) is 0 Å². The first-order chi connectivity index (χ1) is 12.7. The number of nitrogens with zero attached hydrogens (tertiary/aromatic N) is 2. The van der Waals surface area contributed by atoms with E-state index >= 15 is 0 Å². The monoisotopic (exact) mass is 420 g/mol. The first-order valence-electron chi connectivity index (χ1n) is 8.60. The van der Waals surface area contributed by atoms with Crippen LogP contribution in [0.2, 0.25) is 0 Å². The van der Waals surface area contributed by atoms with Crippen molar-refractivity contribution in [2.75, 3.05) is 19.6 Å². The number of amides is 1. The number of carbonyl (C=O) groups excluding carboxylic acids is 1. The number of benzene rings is 1. The summed E-state index contributed by atoms with van der Waals surface area (Å²) >= 11 is 0. The molecule has 1 fully saturated rings. The summed E-state index contributed by atoms with van der Waals surface area (Å²) in [5, 5.41) is 9.42. The largest absolute Gasteiger partial charge is 0.434 e. The maximum absolute atomic E-state index is 14.0. The molecule has 2 heterocycles. The van der Waals surface area contributed by atoms with Crippen LogP contribution < -0.4 is 10.6 Å². The second-order valence-electron chi connectivity index (χ2n) is 7.01. The highest BCUT2D eigenvalue weighted by molar-refractivity contribution is 5.95. The highest BCUT2D eigenvalue weighted by atomic mass is 35.5. The van der Waals surface area contributed by atoms with Crippen molar-refractivity contribution in [1.29, 1.82) is 0 Å². The Morgan fingerprint density at radius 1 is 1.29 bits per heavy atom. The smallest absolute Gasteiger partial charge is 0.351 e. The van der Waals surface area contributed by atoms with Crippen molar-refractivity contribution < 1.29 is 22.4 Å². The quantitative estimate of drug-likeness (QED) is 0.743. The Bertz CT molecular complexity index is 831. The van der Waals surface area contributed by atoms with Crippen LogP contribution in [-0.2, 0) is 6.18 Å². The molecule has 5 nitrogen and oxygen atoms in total. The Morgan fingerprint density at radius 3 is 2.54 bits per heavy atom. The number of rotatable bonds is 4. The molecule has 1 aliphatic rings. The molecule has 0 radical (unpaired) electrons. The van der Waals surface area contributed by atoms with E-state index in [-0.39, 0.29) is 30.1 Å². The molecule has 1 aromatic carbocycles. The standard InChI is InChI=1S/C18H20F4N4O.ClH/c1-17(6-8-23-9-7-17)11-24-16(27)12-10-25-26(15(12)18(20,21)22)14-5-3-2-4-13(14)19;/h2-5,10,23H,6-9,11H2,1H3,(H,24,27);1H. The average Bonchev–Trinajstić information content (AvgIpc) is 3.06. The van der Waals surface area contributed by atoms with Gasteiger partial charge in [0.15, 0.2) is 5.69 Å². The van der Waals surface area contributed by atoms with E-state index in [0.717, 1.165) is 38.2 Å². The van der Waals surface area contributed by atoms with Crippen LogP contribution in [0, 0.1) is 11.2 Å². The second-order valence-corrected chi connectivity index (χ2v) is 7.01. The lowest BCUT2D eigenvalue weighted by Gasteiger charge is -2.34. The molecule has 10 heteroatoms. The zero-order valence-electron chi connectivity index (χ0n) is 15.1. The average molecular weight is 421 g/mol. The molecule has 0 aliphatic carbocycles. The highest BCUT2D eigenvalue weighted by Crippen LogP contribution is 2.34. The van der Waals surface area contributed by atoms with Gasteiger partial charge < -0.3 is 10.6 Å². The van der Waals surface area contributed by atoms with Gasteiger partial charge in [-0.15, -0.1) is 12.4 Å². The lowest BCUT2D eigenvalue weighted by Crippen LogP contribution is -2.43. The van der Waals surface area contributed by atoms with E-state index < -0.39 is 29.2 Å². The van der Waals surface area contributed by atoms with Crippen LogP contribution in [0.25, 0.3) is 5.69 Å². The maximum atomic E-state index is 14.0. The van der Waals surface area contributed by atoms with Crippen molar-refractivity contribution in [2.24, 2.45) is 5.41 Å². The summed E-state index contributed by atoms with van der Waals surface area (Å²) in [4.78, 5) is 12.5. The number of piperidine rings is 1. The van der Waals surface area contributed by atoms with Crippen molar-refractivity contribution >= 4 is 18.3 Å². The number of carbonyl (C=O) groups is 1. The molecule has 2 aromatic rings. The molecule has 1 saturated heterocycles. The van der Waals surface area contributed by atoms with Crippen molar-refractivity contribution in [3.8, 4) is 5.69 Å². The molecule has 1 aliphatic heterocycles. The van der Waals surface area contributed by atoms with E-state index in [1.807, 2.05) is 6.92 Å². The van der Waals surface area contributed by atoms with Gasteiger partial charge in [-0.1, -0.05) is 19.1 Å². The molecule has 2 N–H and O–H groups in total. The highest BCUT2D eigenvalue weighted by Gasteiger charge is 2.41. The third-order valence-corrected chi connectivity index (χ3v) is 4.85. The first kappa shape index (κ1) is 22.2. The fourth-order valence-electron chi connectivity index (χ4n) is 3.19. The predicted octanol–water partition coefficient (Wildman–Crippen LogP) is 3.57. The van der Waals surface area contributed by atoms with Gasteiger partial charge in [-0.25, -0.2) is 9.07 Å². The predicted molar refractivity (Wildman–Crippen MR) is 98.3 cm³/mol. The molecular formula is C18H21ClF4N4O. The van der Waals surface area contributed by atoms with Gasteiger partial charge in [0.1, 0.15) is 11.5 Å². The van der Waals surface area contributed by atoms with Crippen LogP contribution in [0.15, 0.2) is 30.5 Å². The van der Waals surface area contributed by atoms with Gasteiger partial charge in [0.25, 0.3) is 5.91 Å². The van der Waals surface area contributed by atoms with Crippen LogP contribution in [0.1, 0.15) is 35.8 Å². The summed E-state index contributed by atoms with van der Waals surface area (Å²) in [6.07, 6.45) is -2.42. The SMILES string of the molecule is CC1(CNC(=O)c2cnn(-c3ccccc3F)c2C(F)(F)F)CCNCC1.Cl. The molecule has 0 atom stereocenters. The van der Waals surface area contributed by atoms with E-state index in [9.17, 15) is 22.4 Å². The fourth-order valence-corrected chi connectivity index (χ4v) is 3.19. The molecule has 1 aromatic heterocycles. The molecule has 1 amide bonds. The van der Waals surface area contributed by atoms with Crippen LogP contribution >= 0.6 is 12.4 Å². The molecule has 0 unspecified atom stereocenters. The van der Waals surface area contributed by atoms with Gasteiger partial charge in [-0.3, -0.25) is 4.79 Å². The van der Waals surface area contributed by atoms with Gasteiger partial charge in [0, 0.05) is 6.54 Å². The van der Waals surface area contributed by atoms with Gasteiger partial charge in [-0.2, -0.15) is 18.3 Å². The van der Waals surface area contributed by atoms with Crippen LogP contribution in [-0.4, -0.2) is 35.3 Å². The number of halogens is 5. The van der Waals surface area contributed by atoms with Crippen LogP contribution in [0.3, 0.4) is 0 Å². The summed E-state index contributed by atoms with van der Waals surface area (Å²) in [6.45, 7) is 3.84. The normalized spacial score (nSPS) is 16.3. The summed E-state index contributed by atoms with van der Waals surface area (Å²) in [6, 6.07) is 4.98. The number of para-hydroxylation sites is 1. The summed E-state index contributed by atoms with van der Waals surface area (Å²) in [5.41, 5.74) is -2.46. The third-order valence-electron chi connectivity index (χ3n) is 4.85. The number of nitrogens with one attached hydrogen (secondary N) is 2. The number of alkyl halides is 3. The Kier molecular flexibility index (Phi) is 6.71. The topological polar surface area (TPSA) is 59.0 Å². The van der Waals surface area contributed by atoms with E-state index in [1.54, 1.807) is 0 Å². The minimum absolute atomic E-state index is 0. The van der Waals surface area contributed by atoms with Crippen molar-refractivity contribution in [3.05, 3.63) is 47.5 Å². The van der Waals surface area contributed by atoms with E-state index in [0.29, 0.717) is 4.68 Å². The molecule has 28 heavy (non-hydrogen) atoms. The molecule has 3 rings (SSSR count). The Hall–Kier alpha value is -2.13. The summed E-state index contributed by atoms with van der Waals surface area (Å²) in [7, 11) is 0. The maximum Gasteiger partial charge on any atom is 0.434 e. The number of aromatic nitrogens is 2. The van der Waals surface area contributed by atoms with Gasteiger partial charge >= 0.3 is 6.18 Å². The molecule has 0 bridgehead atoms. The first-order valence-corrected chi connectivity index (χ1v) is 8.60. The van der Waals surface area contributed by atoms with E-state index in [1.165, 1.54) is 18.2 Å². The van der Waals surface area contributed by atoms with E-state index in [2.05, 4.69) is 15.7 Å². The van der Waals surface area contributed by atoms with Gasteiger partial charge in [-0.05, 0) is 43.5 Å². The Balaban J connectivity index is 0.00000280. The second kappa shape index (κ2) is 8.48. The van der Waals surface area contributed by atoms with Crippen LogP contribution in [0.5, 0.6) is 0 Å². The zero-order chi connectivity index (χ0) is 19.7. The fraction of sp³-hybridized carbons (Fsp3) is 0.444. The third kappa shape index (κ3) is 4.64. The lowest BCUT2D eigenvalue weighted by atomic mass is 9.81. The number of hydrogen-bond donors (Lipinski definition) is 2.